The second kappa shape index (κ2) is 11.5. The summed E-state index contributed by atoms with van der Waals surface area (Å²) in [5, 5.41) is 2.79. The number of anilines is 1. The van der Waals surface area contributed by atoms with Crippen molar-refractivity contribution in [3.05, 3.63) is 83.7 Å². The molecule has 0 aliphatic rings. The summed E-state index contributed by atoms with van der Waals surface area (Å²) in [6.45, 7) is 5.16. The van der Waals surface area contributed by atoms with Crippen LogP contribution in [0.5, 0.6) is 11.5 Å². The molecule has 0 aromatic heterocycles. The van der Waals surface area contributed by atoms with E-state index < -0.39 is 21.7 Å². The fourth-order valence-corrected chi connectivity index (χ4v) is 4.34. The summed E-state index contributed by atoms with van der Waals surface area (Å²) in [6.07, 6.45) is 0.547. The average molecular weight is 487 g/mol. The lowest BCUT2D eigenvalue weighted by molar-refractivity contribution is 0.0954. The number of sulfonamides is 1. The average Bonchev–Trinajstić information content (AvgIpc) is 2.82. The molecule has 0 fully saturated rings. The fourth-order valence-electron chi connectivity index (χ4n) is 3.23. The fraction of sp³-hybridized carbons (Fsp3) is 0.240. The smallest absolute Gasteiger partial charge is 0.262 e. The number of carbonyl (C=O) groups excluding carboxylic acids is 1. The van der Waals surface area contributed by atoms with Gasteiger partial charge in [-0.1, -0.05) is 24.3 Å². The highest BCUT2D eigenvalue weighted by Gasteiger charge is 2.18. The molecule has 3 aromatic carbocycles. The number of hydrogen-bond donors (Lipinski definition) is 2. The van der Waals surface area contributed by atoms with Gasteiger partial charge in [-0.3, -0.25) is 9.52 Å². The molecule has 0 saturated carbocycles. The van der Waals surface area contributed by atoms with E-state index in [1.54, 1.807) is 0 Å². The minimum Gasteiger partial charge on any atom is -0.490 e. The van der Waals surface area contributed by atoms with Crippen LogP contribution in [0.25, 0.3) is 0 Å². The number of carbonyl (C=O) groups is 1. The zero-order chi connectivity index (χ0) is 24.6. The van der Waals surface area contributed by atoms with Crippen LogP contribution in [0.15, 0.2) is 71.6 Å². The van der Waals surface area contributed by atoms with Crippen LogP contribution in [-0.4, -0.2) is 34.1 Å². The van der Waals surface area contributed by atoms with Gasteiger partial charge < -0.3 is 14.8 Å². The monoisotopic (exact) mass is 486 g/mol. The Morgan fingerprint density at radius 3 is 2.38 bits per heavy atom. The van der Waals surface area contributed by atoms with Crippen LogP contribution in [0.4, 0.5) is 10.1 Å². The van der Waals surface area contributed by atoms with Gasteiger partial charge in [-0.15, -0.1) is 0 Å². The van der Waals surface area contributed by atoms with E-state index in [0.29, 0.717) is 37.7 Å². The van der Waals surface area contributed by atoms with E-state index in [1.165, 1.54) is 42.5 Å². The molecule has 0 unspecified atom stereocenters. The van der Waals surface area contributed by atoms with Crippen molar-refractivity contribution < 1.29 is 27.1 Å². The third-order valence-corrected chi connectivity index (χ3v) is 6.19. The lowest BCUT2D eigenvalue weighted by atomic mass is 10.1. The first-order chi connectivity index (χ1) is 16.3. The van der Waals surface area contributed by atoms with Gasteiger partial charge in [0.25, 0.3) is 15.9 Å². The zero-order valence-corrected chi connectivity index (χ0v) is 19.8. The molecule has 1 amide bonds. The Balaban J connectivity index is 1.64. The van der Waals surface area contributed by atoms with Crippen molar-refractivity contribution in [2.45, 2.75) is 25.2 Å². The zero-order valence-electron chi connectivity index (χ0n) is 19.0. The number of benzene rings is 3. The molecule has 180 valence electrons. The molecular weight excluding hydrogens is 459 g/mol. The number of rotatable bonds is 11. The van der Waals surface area contributed by atoms with E-state index in [-0.39, 0.29) is 16.1 Å². The first kappa shape index (κ1) is 25.0. The minimum absolute atomic E-state index is 0.142. The highest BCUT2D eigenvalue weighted by molar-refractivity contribution is 7.92. The normalized spacial score (nSPS) is 11.0. The Hall–Kier alpha value is -3.59. The third kappa shape index (κ3) is 6.48. The second-order valence-corrected chi connectivity index (χ2v) is 8.95. The van der Waals surface area contributed by atoms with Gasteiger partial charge >= 0.3 is 0 Å². The summed E-state index contributed by atoms with van der Waals surface area (Å²) in [5.41, 5.74) is 0.967. The van der Waals surface area contributed by atoms with E-state index in [0.717, 1.165) is 11.6 Å². The van der Waals surface area contributed by atoms with Gasteiger partial charge in [0.15, 0.2) is 11.5 Å². The van der Waals surface area contributed by atoms with Crippen LogP contribution in [0.1, 0.15) is 29.8 Å². The molecule has 0 radical (unpaired) electrons. The maximum absolute atomic E-state index is 13.8. The predicted molar refractivity (Wildman–Crippen MR) is 128 cm³/mol. The van der Waals surface area contributed by atoms with Gasteiger partial charge in [-0.05, 0) is 68.3 Å². The molecule has 0 spiro atoms. The van der Waals surface area contributed by atoms with Gasteiger partial charge in [-0.2, -0.15) is 0 Å². The molecule has 0 bridgehead atoms. The Labute approximate surface area is 199 Å². The topological polar surface area (TPSA) is 93.7 Å². The molecule has 3 aromatic rings. The van der Waals surface area contributed by atoms with Crippen molar-refractivity contribution in [2.24, 2.45) is 0 Å². The van der Waals surface area contributed by atoms with Gasteiger partial charge in [0.05, 0.1) is 23.8 Å². The molecule has 9 heteroatoms. The number of para-hydroxylation sites is 1. The molecule has 7 nitrogen and oxygen atoms in total. The Kier molecular flexibility index (Phi) is 8.48. The standard InChI is InChI=1S/C25H27FN2O5S/c1-3-32-23-13-12-18(16-24(23)33-4-2)14-15-27-25(29)19-8-7-9-20(17-19)34(30,31)28-22-11-6-5-10-21(22)26/h5-13,16-17,28H,3-4,14-15H2,1-2H3,(H,27,29). The maximum Gasteiger partial charge on any atom is 0.262 e. The van der Waals surface area contributed by atoms with Crippen LogP contribution < -0.4 is 19.5 Å². The Morgan fingerprint density at radius 1 is 0.912 bits per heavy atom. The number of amides is 1. The van der Waals surface area contributed by atoms with Crippen LogP contribution in [0.3, 0.4) is 0 Å². The Bertz CT molecular complexity index is 1250. The van der Waals surface area contributed by atoms with Crippen molar-refractivity contribution in [3.8, 4) is 11.5 Å². The van der Waals surface area contributed by atoms with Gasteiger partial charge in [0.1, 0.15) is 5.82 Å². The first-order valence-corrected chi connectivity index (χ1v) is 12.4. The SMILES string of the molecule is CCOc1ccc(CCNC(=O)c2cccc(S(=O)(=O)Nc3ccccc3F)c2)cc1OCC. The molecular formula is C25H27FN2O5S. The molecule has 0 saturated heterocycles. The summed E-state index contributed by atoms with van der Waals surface area (Å²) >= 11 is 0. The van der Waals surface area contributed by atoms with Crippen molar-refractivity contribution in [2.75, 3.05) is 24.5 Å². The van der Waals surface area contributed by atoms with Crippen LogP contribution in [-0.2, 0) is 16.4 Å². The molecule has 2 N–H and O–H groups in total. The molecule has 0 aliphatic heterocycles. The first-order valence-electron chi connectivity index (χ1n) is 10.9. The van der Waals surface area contributed by atoms with Gasteiger partial charge in [0, 0.05) is 12.1 Å². The number of halogens is 1. The van der Waals surface area contributed by atoms with Gasteiger partial charge in [-0.25, -0.2) is 12.8 Å². The van der Waals surface area contributed by atoms with Crippen molar-refractivity contribution in [3.63, 3.8) is 0 Å². The summed E-state index contributed by atoms with van der Waals surface area (Å²) in [6, 6.07) is 16.7. The van der Waals surface area contributed by atoms with E-state index >= 15 is 0 Å². The van der Waals surface area contributed by atoms with E-state index in [9.17, 15) is 17.6 Å². The molecule has 0 atom stereocenters. The van der Waals surface area contributed by atoms with Crippen molar-refractivity contribution >= 4 is 21.6 Å². The second-order valence-electron chi connectivity index (χ2n) is 7.27. The number of nitrogens with one attached hydrogen (secondary N) is 2. The third-order valence-electron chi connectivity index (χ3n) is 4.83. The molecule has 34 heavy (non-hydrogen) atoms. The lowest BCUT2D eigenvalue weighted by Gasteiger charge is -2.13. The highest BCUT2D eigenvalue weighted by atomic mass is 32.2. The lowest BCUT2D eigenvalue weighted by Crippen LogP contribution is -2.26. The molecule has 0 heterocycles. The predicted octanol–water partition coefficient (Wildman–Crippen LogP) is 4.40. The quantitative estimate of drug-likeness (QED) is 0.419. The van der Waals surface area contributed by atoms with E-state index in [1.807, 2.05) is 32.0 Å². The summed E-state index contributed by atoms with van der Waals surface area (Å²) in [5.74, 6) is 0.202. The number of ether oxygens (including phenoxy) is 2. The van der Waals surface area contributed by atoms with Crippen LogP contribution in [0, 0.1) is 5.82 Å². The van der Waals surface area contributed by atoms with Crippen LogP contribution >= 0.6 is 0 Å². The van der Waals surface area contributed by atoms with Crippen molar-refractivity contribution in [1.82, 2.24) is 5.32 Å². The molecule has 0 aliphatic carbocycles. The van der Waals surface area contributed by atoms with Crippen LogP contribution in [0.2, 0.25) is 0 Å². The molecule has 3 rings (SSSR count). The van der Waals surface area contributed by atoms with E-state index in [2.05, 4.69) is 10.0 Å². The number of hydrogen-bond acceptors (Lipinski definition) is 5. The van der Waals surface area contributed by atoms with E-state index in [4.69, 9.17) is 9.47 Å². The van der Waals surface area contributed by atoms with Gasteiger partial charge in [0.2, 0.25) is 0 Å². The highest BCUT2D eigenvalue weighted by Crippen LogP contribution is 2.28. The summed E-state index contributed by atoms with van der Waals surface area (Å²) in [4.78, 5) is 12.5. The largest absolute Gasteiger partial charge is 0.490 e. The summed E-state index contributed by atoms with van der Waals surface area (Å²) in [7, 11) is -4.07. The maximum atomic E-state index is 13.8. The summed E-state index contributed by atoms with van der Waals surface area (Å²) < 4.78 is 52.5. The minimum atomic E-state index is -4.07. The van der Waals surface area contributed by atoms with Crippen molar-refractivity contribution in [1.29, 1.82) is 0 Å². The Morgan fingerprint density at radius 2 is 1.65 bits per heavy atom.